The van der Waals surface area contributed by atoms with Crippen molar-refractivity contribution >= 4 is 34.3 Å². The van der Waals surface area contributed by atoms with Crippen LogP contribution >= 0.6 is 11.8 Å². The average molecular weight is 399 g/mol. The zero-order chi connectivity index (χ0) is 20.1. The first-order valence-electron chi connectivity index (χ1n) is 9.12. The minimum atomic E-state index is -0.487. The van der Waals surface area contributed by atoms with Gasteiger partial charge in [0.15, 0.2) is 5.16 Å². The van der Waals surface area contributed by atoms with Crippen LogP contribution in [0, 0.1) is 11.7 Å². The lowest BCUT2D eigenvalue weighted by molar-refractivity contribution is -0.113. The van der Waals surface area contributed by atoms with Gasteiger partial charge in [-0.15, -0.1) is 0 Å². The van der Waals surface area contributed by atoms with E-state index in [-0.39, 0.29) is 22.9 Å². The Morgan fingerprint density at radius 1 is 1.18 bits per heavy atom. The lowest BCUT2D eigenvalue weighted by atomic mass is 10.1. The summed E-state index contributed by atoms with van der Waals surface area (Å²) in [5.74, 6) is -0.382. The van der Waals surface area contributed by atoms with Crippen molar-refractivity contribution in [3.63, 3.8) is 0 Å². The number of hydrogen-bond donors (Lipinski definition) is 1. The Morgan fingerprint density at radius 3 is 2.64 bits per heavy atom. The number of amides is 1. The van der Waals surface area contributed by atoms with E-state index in [2.05, 4.69) is 24.1 Å². The van der Waals surface area contributed by atoms with E-state index in [1.807, 2.05) is 12.1 Å². The highest BCUT2D eigenvalue weighted by molar-refractivity contribution is 7.99. The topological polar surface area (TPSA) is 64.0 Å². The fourth-order valence-electron chi connectivity index (χ4n) is 2.72. The van der Waals surface area contributed by atoms with Crippen LogP contribution in [0.4, 0.5) is 10.1 Å². The summed E-state index contributed by atoms with van der Waals surface area (Å²) < 4.78 is 15.3. The van der Waals surface area contributed by atoms with Gasteiger partial charge in [0.1, 0.15) is 5.82 Å². The van der Waals surface area contributed by atoms with Crippen molar-refractivity contribution in [3.05, 3.63) is 64.7 Å². The van der Waals surface area contributed by atoms with Gasteiger partial charge in [-0.05, 0) is 36.6 Å². The maximum Gasteiger partial charge on any atom is 0.262 e. The Bertz CT molecular complexity index is 1050. The Morgan fingerprint density at radius 2 is 1.89 bits per heavy atom. The third kappa shape index (κ3) is 4.78. The largest absolute Gasteiger partial charge is 0.323 e. The summed E-state index contributed by atoms with van der Waals surface area (Å²) >= 11 is 1.18. The second-order valence-electron chi connectivity index (χ2n) is 6.87. The molecule has 0 aliphatic rings. The van der Waals surface area contributed by atoms with Crippen molar-refractivity contribution in [1.82, 2.24) is 9.55 Å². The maximum atomic E-state index is 13.7. The number of carbonyl (C=O) groups excluding carboxylic acids is 1. The zero-order valence-corrected chi connectivity index (χ0v) is 16.6. The van der Waals surface area contributed by atoms with Gasteiger partial charge in [-0.1, -0.05) is 49.9 Å². The quantitative estimate of drug-likeness (QED) is 0.475. The van der Waals surface area contributed by atoms with Crippen LogP contribution in [0.5, 0.6) is 0 Å². The Balaban J connectivity index is 1.82. The van der Waals surface area contributed by atoms with Crippen molar-refractivity contribution in [2.24, 2.45) is 5.92 Å². The average Bonchev–Trinajstić information content (AvgIpc) is 2.67. The summed E-state index contributed by atoms with van der Waals surface area (Å²) in [7, 11) is 0. The molecule has 3 aromatic rings. The highest BCUT2D eigenvalue weighted by Gasteiger charge is 2.14. The molecule has 0 saturated carbocycles. The fourth-order valence-corrected chi connectivity index (χ4v) is 3.55. The van der Waals surface area contributed by atoms with Crippen LogP contribution in [-0.2, 0) is 11.3 Å². The molecule has 0 fully saturated rings. The molecule has 1 amide bonds. The Hall–Kier alpha value is -2.67. The third-order valence-corrected chi connectivity index (χ3v) is 5.21. The minimum Gasteiger partial charge on any atom is -0.323 e. The smallest absolute Gasteiger partial charge is 0.262 e. The zero-order valence-electron chi connectivity index (χ0n) is 15.8. The van der Waals surface area contributed by atoms with Gasteiger partial charge in [0, 0.05) is 6.54 Å². The summed E-state index contributed by atoms with van der Waals surface area (Å²) in [4.78, 5) is 29.7. The first-order chi connectivity index (χ1) is 13.5. The number of nitrogens with zero attached hydrogens (tertiary/aromatic N) is 2. The molecule has 0 aliphatic heterocycles. The van der Waals surface area contributed by atoms with Crippen molar-refractivity contribution in [3.8, 4) is 0 Å². The predicted molar refractivity (Wildman–Crippen MR) is 111 cm³/mol. The molecule has 1 heterocycles. The summed E-state index contributed by atoms with van der Waals surface area (Å²) in [6, 6.07) is 13.2. The summed E-state index contributed by atoms with van der Waals surface area (Å²) in [6.07, 6.45) is 0.828. The number of rotatable bonds is 7. The molecule has 7 heteroatoms. The standard InChI is InChI=1S/C21H22FN3O2S/c1-14(2)11-12-25-20(27)15-7-3-5-9-17(15)24-21(25)28-13-19(26)23-18-10-6-4-8-16(18)22/h3-10,14H,11-13H2,1-2H3,(H,23,26). The lowest BCUT2D eigenvalue weighted by Gasteiger charge is -2.14. The molecule has 0 aliphatic carbocycles. The van der Waals surface area contributed by atoms with Gasteiger partial charge in [0.25, 0.3) is 5.56 Å². The highest BCUT2D eigenvalue weighted by Crippen LogP contribution is 2.20. The number of hydrogen-bond acceptors (Lipinski definition) is 4. The maximum absolute atomic E-state index is 13.7. The molecule has 0 unspecified atom stereocenters. The van der Waals surface area contributed by atoms with Gasteiger partial charge in [0.2, 0.25) is 5.91 Å². The van der Waals surface area contributed by atoms with Gasteiger partial charge >= 0.3 is 0 Å². The van der Waals surface area contributed by atoms with Gasteiger partial charge in [-0.2, -0.15) is 0 Å². The van der Waals surface area contributed by atoms with Gasteiger partial charge < -0.3 is 5.32 Å². The molecule has 28 heavy (non-hydrogen) atoms. The number of thioether (sulfide) groups is 1. The molecule has 0 atom stereocenters. The van der Waals surface area contributed by atoms with E-state index in [1.165, 1.54) is 23.9 Å². The molecule has 2 aromatic carbocycles. The summed E-state index contributed by atoms with van der Waals surface area (Å²) in [5, 5.41) is 3.61. The molecule has 146 valence electrons. The Labute approximate surface area is 167 Å². The molecule has 0 saturated heterocycles. The molecular weight excluding hydrogens is 377 g/mol. The number of nitrogens with one attached hydrogen (secondary N) is 1. The number of halogens is 1. The van der Waals surface area contributed by atoms with E-state index in [9.17, 15) is 14.0 Å². The highest BCUT2D eigenvalue weighted by atomic mass is 32.2. The van der Waals surface area contributed by atoms with Crippen molar-refractivity contribution in [2.45, 2.75) is 32.0 Å². The van der Waals surface area contributed by atoms with E-state index >= 15 is 0 Å². The molecule has 0 spiro atoms. The van der Waals surface area contributed by atoms with Gasteiger partial charge in [-0.3, -0.25) is 14.2 Å². The third-order valence-electron chi connectivity index (χ3n) is 4.24. The summed E-state index contributed by atoms with van der Waals surface area (Å²) in [6.45, 7) is 4.72. The first kappa shape index (κ1) is 20.1. The Kier molecular flexibility index (Phi) is 6.46. The van der Waals surface area contributed by atoms with Crippen LogP contribution in [0.15, 0.2) is 58.5 Å². The van der Waals surface area contributed by atoms with E-state index < -0.39 is 5.82 Å². The monoisotopic (exact) mass is 399 g/mol. The van der Waals surface area contributed by atoms with Crippen LogP contribution in [0.2, 0.25) is 0 Å². The van der Waals surface area contributed by atoms with Crippen molar-refractivity contribution in [2.75, 3.05) is 11.1 Å². The molecule has 3 rings (SSSR count). The van der Waals surface area contributed by atoms with Gasteiger partial charge in [0.05, 0.1) is 22.3 Å². The molecule has 0 radical (unpaired) electrons. The molecular formula is C21H22FN3O2S. The van der Waals surface area contributed by atoms with E-state index in [0.29, 0.717) is 28.5 Å². The van der Waals surface area contributed by atoms with Crippen LogP contribution in [0.3, 0.4) is 0 Å². The second kappa shape index (κ2) is 9.01. The minimum absolute atomic E-state index is 0.0286. The number of fused-ring (bicyclic) bond motifs is 1. The summed E-state index contributed by atoms with van der Waals surface area (Å²) in [5.41, 5.74) is 0.630. The molecule has 0 bridgehead atoms. The van der Waals surface area contributed by atoms with Crippen molar-refractivity contribution in [1.29, 1.82) is 0 Å². The van der Waals surface area contributed by atoms with E-state index in [0.717, 1.165) is 6.42 Å². The SMILES string of the molecule is CC(C)CCn1c(SCC(=O)Nc2ccccc2F)nc2ccccc2c1=O. The van der Waals surface area contributed by atoms with Crippen molar-refractivity contribution < 1.29 is 9.18 Å². The molecule has 5 nitrogen and oxygen atoms in total. The lowest BCUT2D eigenvalue weighted by Crippen LogP contribution is -2.25. The van der Waals surface area contributed by atoms with Crippen LogP contribution in [0.25, 0.3) is 10.9 Å². The molecule has 1 aromatic heterocycles. The fraction of sp³-hybridized carbons (Fsp3) is 0.286. The normalized spacial score (nSPS) is 11.1. The second-order valence-corrected chi connectivity index (χ2v) is 7.81. The van der Waals surface area contributed by atoms with E-state index in [4.69, 9.17) is 0 Å². The number of para-hydroxylation sites is 2. The number of aromatic nitrogens is 2. The van der Waals surface area contributed by atoms with Crippen LogP contribution in [-0.4, -0.2) is 21.2 Å². The van der Waals surface area contributed by atoms with Crippen LogP contribution < -0.4 is 10.9 Å². The van der Waals surface area contributed by atoms with Gasteiger partial charge in [-0.25, -0.2) is 9.37 Å². The molecule has 1 N–H and O–H groups in total. The number of carbonyl (C=O) groups is 1. The number of benzene rings is 2. The number of anilines is 1. The predicted octanol–water partition coefficient (Wildman–Crippen LogP) is 4.31. The van der Waals surface area contributed by atoms with Crippen LogP contribution in [0.1, 0.15) is 20.3 Å². The first-order valence-corrected chi connectivity index (χ1v) is 10.1. The van der Waals surface area contributed by atoms with E-state index in [1.54, 1.807) is 28.8 Å².